The third-order valence-corrected chi connectivity index (χ3v) is 6.30. The van der Waals surface area contributed by atoms with Gasteiger partial charge >= 0.3 is 0 Å². The zero-order chi connectivity index (χ0) is 22.0. The third kappa shape index (κ3) is 5.00. The fourth-order valence-corrected chi connectivity index (χ4v) is 4.62. The number of hydrogen-bond donors (Lipinski definition) is 2. The third-order valence-electron chi connectivity index (χ3n) is 5.69. The molecule has 2 aromatic heterocycles. The van der Waals surface area contributed by atoms with Crippen LogP contribution in [0, 0.1) is 0 Å². The fourth-order valence-electron chi connectivity index (χ4n) is 4.12. The minimum Gasteiger partial charge on any atom is -0.496 e. The number of nitrogens with one attached hydrogen (secondary N) is 1. The molecule has 0 spiro atoms. The van der Waals surface area contributed by atoms with Crippen LogP contribution in [0.15, 0.2) is 35.1 Å². The molecule has 1 aliphatic carbocycles. The number of nitrogens with two attached hydrogens (primary N) is 1. The van der Waals surface area contributed by atoms with Crippen molar-refractivity contribution < 1.29 is 14.3 Å². The normalized spacial score (nSPS) is 17.8. The van der Waals surface area contributed by atoms with Crippen molar-refractivity contribution in [1.82, 2.24) is 19.7 Å². The molecule has 10 heteroatoms. The van der Waals surface area contributed by atoms with Crippen molar-refractivity contribution in [2.45, 2.75) is 37.6 Å². The van der Waals surface area contributed by atoms with Gasteiger partial charge in [0, 0.05) is 54.6 Å². The van der Waals surface area contributed by atoms with Crippen LogP contribution in [0.1, 0.15) is 37.3 Å². The van der Waals surface area contributed by atoms with Crippen molar-refractivity contribution in [2.24, 2.45) is 5.73 Å². The first-order valence-corrected chi connectivity index (χ1v) is 11.1. The number of carbonyl (C=O) groups is 1. The standard InChI is InChI=1S/C22H26BrN5O3.ClH/c1-30-19-11-20(31-2)16(23)10-15(19)18-12-28-8-6-17(26-22(28)27-18)13-3-4-14(9-13)25-21(29)5-7-24;/h6,8,10-14H,3-5,7,9,24H2,1-2H3,(H,25,29);1H. The van der Waals surface area contributed by atoms with Gasteiger partial charge in [0.15, 0.2) is 0 Å². The Hall–Kier alpha value is -2.36. The Morgan fingerprint density at radius 3 is 2.75 bits per heavy atom. The van der Waals surface area contributed by atoms with Gasteiger partial charge in [-0.05, 0) is 47.3 Å². The number of methoxy groups -OCH3 is 2. The molecule has 1 aromatic carbocycles. The number of nitrogens with zero attached hydrogens (tertiary/aromatic N) is 3. The summed E-state index contributed by atoms with van der Waals surface area (Å²) in [6.45, 7) is 0.373. The predicted octanol–water partition coefficient (Wildman–Crippen LogP) is 3.70. The minimum atomic E-state index is 0. The number of benzene rings is 1. The monoisotopic (exact) mass is 523 g/mol. The molecule has 1 aliphatic rings. The molecule has 32 heavy (non-hydrogen) atoms. The molecule has 0 bridgehead atoms. The van der Waals surface area contributed by atoms with Gasteiger partial charge in [0.05, 0.1) is 24.4 Å². The highest BCUT2D eigenvalue weighted by Crippen LogP contribution is 2.38. The number of carbonyl (C=O) groups excluding carboxylic acids is 1. The van der Waals surface area contributed by atoms with Gasteiger partial charge in [-0.2, -0.15) is 0 Å². The van der Waals surface area contributed by atoms with Crippen LogP contribution >= 0.6 is 28.3 Å². The maximum absolute atomic E-state index is 11.8. The van der Waals surface area contributed by atoms with Gasteiger partial charge in [-0.1, -0.05) is 0 Å². The van der Waals surface area contributed by atoms with E-state index in [1.165, 1.54) is 0 Å². The van der Waals surface area contributed by atoms with Crippen LogP contribution in [0.25, 0.3) is 17.0 Å². The van der Waals surface area contributed by atoms with Gasteiger partial charge in [-0.15, -0.1) is 12.4 Å². The molecule has 2 unspecified atom stereocenters. The molecule has 0 aliphatic heterocycles. The van der Waals surface area contributed by atoms with E-state index in [-0.39, 0.29) is 24.4 Å². The topological polar surface area (TPSA) is 104 Å². The van der Waals surface area contributed by atoms with Gasteiger partial charge in [-0.25, -0.2) is 9.97 Å². The minimum absolute atomic E-state index is 0. The molecule has 0 radical (unpaired) electrons. The summed E-state index contributed by atoms with van der Waals surface area (Å²) >= 11 is 3.53. The molecule has 1 saturated carbocycles. The lowest BCUT2D eigenvalue weighted by Crippen LogP contribution is -2.33. The summed E-state index contributed by atoms with van der Waals surface area (Å²) in [5, 5.41) is 3.07. The number of imidazole rings is 1. The van der Waals surface area contributed by atoms with Gasteiger partial charge in [0.25, 0.3) is 0 Å². The smallest absolute Gasteiger partial charge is 0.234 e. The molecule has 8 nitrogen and oxygen atoms in total. The van der Waals surface area contributed by atoms with Crippen molar-refractivity contribution >= 4 is 40.0 Å². The molecule has 1 amide bonds. The van der Waals surface area contributed by atoms with E-state index in [1.807, 2.05) is 35.0 Å². The van der Waals surface area contributed by atoms with Crippen LogP contribution in [0.4, 0.5) is 0 Å². The number of ether oxygens (including phenoxy) is 2. The van der Waals surface area contributed by atoms with Crippen LogP contribution in [-0.4, -0.2) is 47.1 Å². The SMILES string of the molecule is COc1cc(OC)c(-c2cn3ccc(C4CCC(NC(=O)CCN)C4)nc3n2)cc1Br.Cl. The Kier molecular flexibility index (Phi) is 7.97. The molecule has 0 saturated heterocycles. The lowest BCUT2D eigenvalue weighted by molar-refractivity contribution is -0.121. The molecule has 1 fully saturated rings. The van der Waals surface area contributed by atoms with E-state index < -0.39 is 0 Å². The average Bonchev–Trinajstić information content (AvgIpc) is 3.40. The zero-order valence-electron chi connectivity index (χ0n) is 18.0. The fraction of sp³-hybridized carbons (Fsp3) is 0.409. The molecule has 3 aromatic rings. The van der Waals surface area contributed by atoms with Crippen molar-refractivity contribution in [3.63, 3.8) is 0 Å². The first-order chi connectivity index (χ1) is 15.0. The van der Waals surface area contributed by atoms with Crippen LogP contribution in [0.3, 0.4) is 0 Å². The Morgan fingerprint density at radius 1 is 1.25 bits per heavy atom. The summed E-state index contributed by atoms with van der Waals surface area (Å²) < 4.78 is 13.6. The molecule has 2 heterocycles. The number of fused-ring (bicyclic) bond motifs is 1. The first-order valence-electron chi connectivity index (χ1n) is 10.3. The lowest BCUT2D eigenvalue weighted by Gasteiger charge is -2.13. The van der Waals surface area contributed by atoms with Crippen LogP contribution in [0.2, 0.25) is 0 Å². The van der Waals surface area contributed by atoms with E-state index >= 15 is 0 Å². The van der Waals surface area contributed by atoms with Crippen molar-refractivity contribution in [2.75, 3.05) is 20.8 Å². The summed E-state index contributed by atoms with van der Waals surface area (Å²) in [7, 11) is 3.24. The first kappa shape index (κ1) is 24.3. The Labute approximate surface area is 201 Å². The molecular formula is C22H27BrClN5O3. The van der Waals surface area contributed by atoms with Crippen molar-refractivity contribution in [1.29, 1.82) is 0 Å². The Bertz CT molecular complexity index is 1110. The highest BCUT2D eigenvalue weighted by atomic mass is 79.9. The van der Waals surface area contributed by atoms with Gasteiger partial charge in [0.2, 0.25) is 11.7 Å². The second-order valence-corrected chi connectivity index (χ2v) is 8.54. The van der Waals surface area contributed by atoms with Gasteiger partial charge < -0.3 is 20.5 Å². The van der Waals surface area contributed by atoms with E-state index in [0.29, 0.717) is 36.2 Å². The lowest BCUT2D eigenvalue weighted by atomic mass is 10.0. The zero-order valence-corrected chi connectivity index (χ0v) is 20.4. The number of hydrogen-bond acceptors (Lipinski definition) is 6. The maximum atomic E-state index is 11.8. The molecule has 3 N–H and O–H groups in total. The molecular weight excluding hydrogens is 498 g/mol. The molecule has 172 valence electrons. The number of halogens is 2. The summed E-state index contributed by atoms with van der Waals surface area (Å²) in [5.41, 5.74) is 8.09. The summed E-state index contributed by atoms with van der Waals surface area (Å²) in [6, 6.07) is 5.98. The quantitative estimate of drug-likeness (QED) is 0.488. The van der Waals surface area contributed by atoms with Crippen molar-refractivity contribution in [3.05, 3.63) is 40.8 Å². The number of aromatic nitrogens is 3. The van der Waals surface area contributed by atoms with E-state index in [1.54, 1.807) is 14.2 Å². The highest BCUT2D eigenvalue weighted by Gasteiger charge is 2.28. The van der Waals surface area contributed by atoms with E-state index in [9.17, 15) is 4.79 Å². The van der Waals surface area contributed by atoms with Gasteiger partial charge in [0.1, 0.15) is 11.5 Å². The molecule has 2 atom stereocenters. The average molecular weight is 525 g/mol. The largest absolute Gasteiger partial charge is 0.496 e. The molecule has 4 rings (SSSR count). The highest BCUT2D eigenvalue weighted by molar-refractivity contribution is 9.10. The van der Waals surface area contributed by atoms with E-state index in [4.69, 9.17) is 25.2 Å². The Balaban J connectivity index is 0.00000289. The van der Waals surface area contributed by atoms with Crippen LogP contribution in [-0.2, 0) is 4.79 Å². The van der Waals surface area contributed by atoms with Gasteiger partial charge in [-0.3, -0.25) is 9.20 Å². The Morgan fingerprint density at radius 2 is 2.03 bits per heavy atom. The van der Waals surface area contributed by atoms with Crippen LogP contribution in [0.5, 0.6) is 11.5 Å². The number of amides is 1. The summed E-state index contributed by atoms with van der Waals surface area (Å²) in [4.78, 5) is 21.4. The van der Waals surface area contributed by atoms with Crippen molar-refractivity contribution in [3.8, 4) is 22.8 Å². The van der Waals surface area contributed by atoms with Crippen LogP contribution < -0.4 is 20.5 Å². The van der Waals surface area contributed by atoms with E-state index in [2.05, 4.69) is 21.2 Å². The summed E-state index contributed by atoms with van der Waals surface area (Å²) in [5.74, 6) is 2.33. The second kappa shape index (κ2) is 10.5. The number of rotatable bonds is 7. The second-order valence-electron chi connectivity index (χ2n) is 7.69. The predicted molar refractivity (Wildman–Crippen MR) is 129 cm³/mol. The summed E-state index contributed by atoms with van der Waals surface area (Å²) in [6.07, 6.45) is 7.11. The van der Waals surface area contributed by atoms with E-state index in [0.717, 1.165) is 40.7 Å². The maximum Gasteiger partial charge on any atom is 0.234 e.